The molecule has 4 bridgehead atoms. The first kappa shape index (κ1) is 11.6. The van der Waals surface area contributed by atoms with Crippen LogP contribution in [0.1, 0.15) is 44.1 Å². The van der Waals surface area contributed by atoms with Crippen LogP contribution >= 0.6 is 11.6 Å². The van der Waals surface area contributed by atoms with E-state index in [1.807, 2.05) is 6.07 Å². The van der Waals surface area contributed by atoms with Crippen LogP contribution in [-0.2, 0) is 5.41 Å². The summed E-state index contributed by atoms with van der Waals surface area (Å²) in [5, 5.41) is 0.686. The molecule has 0 atom stereocenters. The minimum Gasteiger partial charge on any atom is -0.442 e. The minimum absolute atomic E-state index is 0.356. The summed E-state index contributed by atoms with van der Waals surface area (Å²) in [6.07, 6.45) is 9.99. The Balaban J connectivity index is 1.71. The number of hydrogen-bond donors (Lipinski definition) is 0. The molecular weight excluding hydrogens is 270 g/mol. The predicted octanol–water partition coefficient (Wildman–Crippen LogP) is 4.95. The fourth-order valence-corrected chi connectivity index (χ4v) is 5.98. The van der Waals surface area contributed by atoms with Gasteiger partial charge in [0, 0.05) is 0 Å². The van der Waals surface area contributed by atoms with E-state index in [1.165, 1.54) is 44.1 Å². The van der Waals surface area contributed by atoms with Gasteiger partial charge in [-0.05, 0) is 73.3 Å². The number of oxazole rings is 1. The molecule has 2 aromatic rings. The van der Waals surface area contributed by atoms with E-state index in [2.05, 4.69) is 11.1 Å². The van der Waals surface area contributed by atoms with Gasteiger partial charge in [0.15, 0.2) is 12.0 Å². The summed E-state index contributed by atoms with van der Waals surface area (Å²) in [6, 6.07) is 4.23. The second-order valence-electron chi connectivity index (χ2n) is 7.32. The highest BCUT2D eigenvalue weighted by atomic mass is 35.5. The highest BCUT2D eigenvalue weighted by Crippen LogP contribution is 2.61. The molecule has 20 heavy (non-hydrogen) atoms. The van der Waals surface area contributed by atoms with Gasteiger partial charge in [-0.3, -0.25) is 0 Å². The molecule has 0 saturated heterocycles. The molecular formula is C17H18ClNO. The Morgan fingerprint density at radius 1 is 1.05 bits per heavy atom. The van der Waals surface area contributed by atoms with Gasteiger partial charge < -0.3 is 4.42 Å². The maximum absolute atomic E-state index is 6.24. The van der Waals surface area contributed by atoms with E-state index in [0.29, 0.717) is 10.4 Å². The maximum Gasteiger partial charge on any atom is 0.182 e. The van der Waals surface area contributed by atoms with Gasteiger partial charge in [-0.25, -0.2) is 4.98 Å². The number of hydrogen-bond acceptors (Lipinski definition) is 2. The Labute approximate surface area is 123 Å². The molecule has 4 aliphatic carbocycles. The normalized spacial score (nSPS) is 38.8. The van der Waals surface area contributed by atoms with E-state index in [4.69, 9.17) is 16.0 Å². The summed E-state index contributed by atoms with van der Waals surface area (Å²) in [5.41, 5.74) is 3.55. The van der Waals surface area contributed by atoms with Crippen LogP contribution in [0.5, 0.6) is 0 Å². The third-order valence-electron chi connectivity index (χ3n) is 6.05. The van der Waals surface area contributed by atoms with Gasteiger partial charge >= 0.3 is 0 Å². The molecule has 1 aromatic carbocycles. The lowest BCUT2D eigenvalue weighted by molar-refractivity contribution is -0.00457. The van der Waals surface area contributed by atoms with E-state index >= 15 is 0 Å². The van der Waals surface area contributed by atoms with Gasteiger partial charge in [0.25, 0.3) is 0 Å². The van der Waals surface area contributed by atoms with Crippen molar-refractivity contribution in [2.45, 2.75) is 43.9 Å². The largest absolute Gasteiger partial charge is 0.442 e. The van der Waals surface area contributed by atoms with E-state index < -0.39 is 0 Å². The second-order valence-corrected chi connectivity index (χ2v) is 7.73. The van der Waals surface area contributed by atoms with E-state index in [0.717, 1.165) is 28.9 Å². The van der Waals surface area contributed by atoms with Crippen LogP contribution in [0.15, 0.2) is 22.9 Å². The fraction of sp³-hybridized carbons (Fsp3) is 0.588. The smallest absolute Gasteiger partial charge is 0.182 e. The van der Waals surface area contributed by atoms with Crippen molar-refractivity contribution >= 4 is 22.7 Å². The molecule has 1 heterocycles. The van der Waals surface area contributed by atoms with E-state index in [9.17, 15) is 0 Å². The maximum atomic E-state index is 6.24. The summed E-state index contributed by atoms with van der Waals surface area (Å²) in [4.78, 5) is 4.49. The lowest BCUT2D eigenvalue weighted by Gasteiger charge is -2.57. The number of fused-ring (bicyclic) bond motifs is 1. The molecule has 0 spiro atoms. The van der Waals surface area contributed by atoms with Gasteiger partial charge in [0.05, 0.1) is 5.02 Å². The molecule has 104 valence electrons. The molecule has 4 fully saturated rings. The number of rotatable bonds is 1. The Kier molecular flexibility index (Phi) is 2.20. The molecule has 0 aliphatic heterocycles. The minimum atomic E-state index is 0.356. The zero-order valence-electron chi connectivity index (χ0n) is 11.4. The Morgan fingerprint density at radius 2 is 1.70 bits per heavy atom. The highest BCUT2D eigenvalue weighted by Gasteiger charge is 2.52. The van der Waals surface area contributed by atoms with Crippen LogP contribution in [0.25, 0.3) is 11.1 Å². The zero-order valence-corrected chi connectivity index (χ0v) is 12.2. The predicted molar refractivity (Wildman–Crippen MR) is 78.9 cm³/mol. The molecule has 4 saturated carbocycles. The van der Waals surface area contributed by atoms with Crippen LogP contribution in [0.2, 0.25) is 5.02 Å². The van der Waals surface area contributed by atoms with Crippen molar-refractivity contribution in [3.05, 3.63) is 29.1 Å². The first-order valence-electron chi connectivity index (χ1n) is 7.76. The molecule has 6 rings (SSSR count). The van der Waals surface area contributed by atoms with Crippen LogP contribution in [0, 0.1) is 17.8 Å². The van der Waals surface area contributed by atoms with Gasteiger partial charge in [0.1, 0.15) is 5.52 Å². The van der Waals surface area contributed by atoms with Gasteiger partial charge in [-0.1, -0.05) is 17.7 Å². The van der Waals surface area contributed by atoms with Crippen molar-refractivity contribution in [3.8, 4) is 0 Å². The van der Waals surface area contributed by atoms with Gasteiger partial charge in [-0.15, -0.1) is 0 Å². The summed E-state index contributed by atoms with van der Waals surface area (Å²) in [7, 11) is 0. The number of nitrogens with zero attached hydrogens (tertiary/aromatic N) is 1. The average Bonchev–Trinajstić information content (AvgIpc) is 2.87. The number of halogens is 1. The topological polar surface area (TPSA) is 26.0 Å². The standard InChI is InChI=1S/C17H18ClNO/c18-14-2-1-13(15-16(14)20-9-19-15)17-6-10-3-11(7-17)5-12(4-10)8-17/h1-2,9-12H,3-8H2. The lowest BCUT2D eigenvalue weighted by Crippen LogP contribution is -2.48. The van der Waals surface area contributed by atoms with Gasteiger partial charge in [-0.2, -0.15) is 0 Å². The van der Waals surface area contributed by atoms with Crippen molar-refractivity contribution < 1.29 is 4.42 Å². The summed E-state index contributed by atoms with van der Waals surface area (Å²) in [5.74, 6) is 2.83. The first-order chi connectivity index (χ1) is 9.73. The fourth-order valence-electron chi connectivity index (χ4n) is 5.79. The van der Waals surface area contributed by atoms with Crippen molar-refractivity contribution in [2.24, 2.45) is 17.8 Å². The third kappa shape index (κ3) is 1.43. The van der Waals surface area contributed by atoms with Crippen molar-refractivity contribution in [1.82, 2.24) is 4.98 Å². The molecule has 0 amide bonds. The molecule has 3 heteroatoms. The zero-order chi connectivity index (χ0) is 13.3. The van der Waals surface area contributed by atoms with Crippen molar-refractivity contribution in [1.29, 1.82) is 0 Å². The number of aromatic nitrogens is 1. The van der Waals surface area contributed by atoms with Crippen molar-refractivity contribution in [2.75, 3.05) is 0 Å². The monoisotopic (exact) mass is 287 g/mol. The number of benzene rings is 1. The quantitative estimate of drug-likeness (QED) is 0.742. The Hall–Kier alpha value is -1.02. The van der Waals surface area contributed by atoms with Crippen LogP contribution in [-0.4, -0.2) is 4.98 Å². The average molecular weight is 288 g/mol. The molecule has 1 aromatic heterocycles. The van der Waals surface area contributed by atoms with Crippen LogP contribution in [0.3, 0.4) is 0 Å². The highest BCUT2D eigenvalue weighted by molar-refractivity contribution is 6.34. The van der Waals surface area contributed by atoms with Crippen LogP contribution in [0.4, 0.5) is 0 Å². The molecule has 2 nitrogen and oxygen atoms in total. The molecule has 0 N–H and O–H groups in total. The molecule has 0 unspecified atom stereocenters. The Bertz CT molecular complexity index is 654. The molecule has 0 radical (unpaired) electrons. The Morgan fingerprint density at radius 3 is 2.35 bits per heavy atom. The molecule has 4 aliphatic rings. The van der Waals surface area contributed by atoms with Crippen LogP contribution < -0.4 is 0 Å². The summed E-state index contributed by atoms with van der Waals surface area (Å²) < 4.78 is 5.51. The van der Waals surface area contributed by atoms with Gasteiger partial charge in [0.2, 0.25) is 0 Å². The summed E-state index contributed by atoms with van der Waals surface area (Å²) >= 11 is 6.24. The summed E-state index contributed by atoms with van der Waals surface area (Å²) in [6.45, 7) is 0. The lowest BCUT2D eigenvalue weighted by atomic mass is 9.48. The first-order valence-corrected chi connectivity index (χ1v) is 8.13. The third-order valence-corrected chi connectivity index (χ3v) is 6.34. The van der Waals surface area contributed by atoms with E-state index in [1.54, 1.807) is 6.39 Å². The van der Waals surface area contributed by atoms with Crippen molar-refractivity contribution in [3.63, 3.8) is 0 Å². The second kappa shape index (κ2) is 3.79. The van der Waals surface area contributed by atoms with E-state index in [-0.39, 0.29) is 0 Å². The SMILES string of the molecule is Clc1ccc(C23CC4CC(CC(C4)C2)C3)c2ncoc12.